The lowest BCUT2D eigenvalue weighted by molar-refractivity contribution is -0.136. The van der Waals surface area contributed by atoms with E-state index in [1.807, 2.05) is 37.3 Å². The Bertz CT molecular complexity index is 976. The second-order valence-corrected chi connectivity index (χ2v) is 5.54. The molecule has 0 aliphatic carbocycles. The van der Waals surface area contributed by atoms with Crippen LogP contribution in [0, 0.1) is 0 Å². The smallest absolute Gasteiger partial charge is 0.338 e. The molecular formula is C17H15N5O2. The molecule has 3 heterocycles. The monoisotopic (exact) mass is 321 g/mol. The molecule has 0 radical (unpaired) electrons. The lowest BCUT2D eigenvalue weighted by Gasteiger charge is -2.28. The summed E-state index contributed by atoms with van der Waals surface area (Å²) in [6.07, 6.45) is 3.22. The number of benzene rings is 1. The number of ether oxygens (including phenoxy) is 1. The number of nitrogens with one attached hydrogen (secondary N) is 1. The molecular weight excluding hydrogens is 306 g/mol. The number of esters is 1. The summed E-state index contributed by atoms with van der Waals surface area (Å²) in [4.78, 5) is 20.9. The Kier molecular flexibility index (Phi) is 3.26. The fraction of sp³-hybridized carbons (Fsp3) is 0.176. The molecule has 1 aromatic carbocycles. The molecule has 4 rings (SSSR count). The van der Waals surface area contributed by atoms with E-state index in [1.165, 1.54) is 13.4 Å². The highest BCUT2D eigenvalue weighted by molar-refractivity contribution is 5.92. The van der Waals surface area contributed by atoms with Crippen molar-refractivity contribution in [2.45, 2.75) is 13.0 Å². The number of pyridine rings is 1. The third-order valence-corrected chi connectivity index (χ3v) is 4.14. The van der Waals surface area contributed by atoms with Crippen molar-refractivity contribution in [1.82, 2.24) is 19.7 Å². The first-order valence-electron chi connectivity index (χ1n) is 7.49. The zero-order valence-electron chi connectivity index (χ0n) is 13.2. The minimum Gasteiger partial charge on any atom is -0.466 e. The number of hydrogen-bond donors (Lipinski definition) is 1. The van der Waals surface area contributed by atoms with Crippen molar-refractivity contribution in [3.8, 4) is 0 Å². The second kappa shape index (κ2) is 5.45. The maximum Gasteiger partial charge on any atom is 0.338 e. The molecule has 24 heavy (non-hydrogen) atoms. The number of carbonyl (C=O) groups is 1. The summed E-state index contributed by atoms with van der Waals surface area (Å²) in [5.41, 5.74) is 3.04. The molecule has 0 fully saturated rings. The minimum absolute atomic E-state index is 0.391. The van der Waals surface area contributed by atoms with Gasteiger partial charge in [0.15, 0.2) is 0 Å². The molecule has 1 atom stereocenters. The molecule has 3 aromatic rings. The molecule has 1 aliphatic heterocycles. The van der Waals surface area contributed by atoms with Gasteiger partial charge in [0, 0.05) is 17.3 Å². The van der Waals surface area contributed by atoms with Gasteiger partial charge in [0.2, 0.25) is 5.95 Å². The van der Waals surface area contributed by atoms with Gasteiger partial charge in [-0.3, -0.25) is 4.98 Å². The van der Waals surface area contributed by atoms with Gasteiger partial charge in [-0.05, 0) is 30.7 Å². The first kappa shape index (κ1) is 14.4. The molecule has 2 aromatic heterocycles. The van der Waals surface area contributed by atoms with E-state index in [9.17, 15) is 4.79 Å². The molecule has 120 valence electrons. The normalized spacial score (nSPS) is 16.7. The maximum absolute atomic E-state index is 12.4. The van der Waals surface area contributed by atoms with Gasteiger partial charge in [-0.1, -0.05) is 12.1 Å². The van der Waals surface area contributed by atoms with E-state index < -0.39 is 12.0 Å². The van der Waals surface area contributed by atoms with Gasteiger partial charge in [-0.25, -0.2) is 9.48 Å². The van der Waals surface area contributed by atoms with Crippen LogP contribution in [0.15, 0.2) is 54.1 Å². The van der Waals surface area contributed by atoms with Crippen LogP contribution in [-0.2, 0) is 9.53 Å². The standard InChI is InChI=1S/C17H15N5O2/c1-10-14(16(23)24-2)15(22-17(21-10)19-9-20-22)12-5-6-13-11(8-12)4-3-7-18-13/h3-9,15H,1-2H3,(H,19,20,21). The number of aromatic nitrogens is 4. The van der Waals surface area contributed by atoms with Crippen LogP contribution in [0.3, 0.4) is 0 Å². The van der Waals surface area contributed by atoms with Crippen LogP contribution in [-0.4, -0.2) is 32.8 Å². The summed E-state index contributed by atoms with van der Waals surface area (Å²) in [6.45, 7) is 1.83. The number of anilines is 1. The van der Waals surface area contributed by atoms with Gasteiger partial charge in [0.25, 0.3) is 0 Å². The van der Waals surface area contributed by atoms with Crippen LogP contribution in [0.2, 0.25) is 0 Å². The topological polar surface area (TPSA) is 81.9 Å². The zero-order chi connectivity index (χ0) is 16.7. The molecule has 7 nitrogen and oxygen atoms in total. The number of fused-ring (bicyclic) bond motifs is 2. The Morgan fingerprint density at radius 1 is 1.29 bits per heavy atom. The average Bonchev–Trinajstić information content (AvgIpc) is 3.07. The van der Waals surface area contributed by atoms with E-state index in [4.69, 9.17) is 4.74 Å². The van der Waals surface area contributed by atoms with Crippen LogP contribution in [0.1, 0.15) is 18.5 Å². The van der Waals surface area contributed by atoms with Crippen LogP contribution < -0.4 is 5.32 Å². The van der Waals surface area contributed by atoms with E-state index in [2.05, 4.69) is 20.4 Å². The average molecular weight is 321 g/mol. The quantitative estimate of drug-likeness (QED) is 0.729. The third kappa shape index (κ3) is 2.13. The SMILES string of the molecule is COC(=O)C1=C(C)Nc2ncnn2C1c1ccc2ncccc2c1. The van der Waals surface area contributed by atoms with Gasteiger partial charge in [-0.15, -0.1) is 0 Å². The van der Waals surface area contributed by atoms with Gasteiger partial charge < -0.3 is 10.1 Å². The predicted molar refractivity (Wildman–Crippen MR) is 88.2 cm³/mol. The van der Waals surface area contributed by atoms with E-state index in [1.54, 1.807) is 10.9 Å². The van der Waals surface area contributed by atoms with Crippen molar-refractivity contribution >= 4 is 22.8 Å². The number of rotatable bonds is 2. The minimum atomic E-state index is -0.402. The van der Waals surface area contributed by atoms with E-state index in [-0.39, 0.29) is 0 Å². The summed E-state index contributed by atoms with van der Waals surface area (Å²) in [5, 5.41) is 8.38. The van der Waals surface area contributed by atoms with Crippen molar-refractivity contribution in [3.63, 3.8) is 0 Å². The number of hydrogen-bond acceptors (Lipinski definition) is 6. The Morgan fingerprint density at radius 2 is 2.17 bits per heavy atom. The lowest BCUT2D eigenvalue weighted by Crippen LogP contribution is -2.29. The Balaban J connectivity index is 1.93. The fourth-order valence-corrected chi connectivity index (χ4v) is 3.04. The van der Waals surface area contributed by atoms with Crippen LogP contribution >= 0.6 is 0 Å². The molecule has 1 aliphatic rings. The Labute approximate surface area is 138 Å². The van der Waals surface area contributed by atoms with E-state index >= 15 is 0 Å². The number of allylic oxidation sites excluding steroid dienone is 1. The van der Waals surface area contributed by atoms with Gasteiger partial charge in [0.05, 0.1) is 18.2 Å². The summed E-state index contributed by atoms with van der Waals surface area (Å²) in [5.74, 6) is 0.203. The highest BCUT2D eigenvalue weighted by Crippen LogP contribution is 2.35. The van der Waals surface area contributed by atoms with Crippen molar-refractivity contribution in [2.24, 2.45) is 0 Å². The van der Waals surface area contributed by atoms with Crippen molar-refractivity contribution in [2.75, 3.05) is 12.4 Å². The van der Waals surface area contributed by atoms with E-state index in [0.29, 0.717) is 17.2 Å². The van der Waals surface area contributed by atoms with Crippen LogP contribution in [0.4, 0.5) is 5.95 Å². The highest BCUT2D eigenvalue weighted by Gasteiger charge is 2.34. The fourth-order valence-electron chi connectivity index (χ4n) is 3.04. The maximum atomic E-state index is 12.4. The van der Waals surface area contributed by atoms with Crippen molar-refractivity contribution in [1.29, 1.82) is 0 Å². The van der Waals surface area contributed by atoms with Gasteiger partial charge in [0.1, 0.15) is 12.4 Å². The third-order valence-electron chi connectivity index (χ3n) is 4.14. The molecule has 1 unspecified atom stereocenters. The Hall–Kier alpha value is -3.22. The van der Waals surface area contributed by atoms with E-state index in [0.717, 1.165) is 16.5 Å². The molecule has 7 heteroatoms. The molecule has 0 spiro atoms. The number of nitrogens with zero attached hydrogens (tertiary/aromatic N) is 4. The first-order valence-corrected chi connectivity index (χ1v) is 7.49. The van der Waals surface area contributed by atoms with Crippen molar-refractivity contribution < 1.29 is 9.53 Å². The van der Waals surface area contributed by atoms with Crippen LogP contribution in [0.5, 0.6) is 0 Å². The number of carbonyl (C=O) groups excluding carboxylic acids is 1. The molecule has 1 N–H and O–H groups in total. The largest absolute Gasteiger partial charge is 0.466 e. The molecule has 0 bridgehead atoms. The van der Waals surface area contributed by atoms with Crippen molar-refractivity contribution in [3.05, 3.63) is 59.7 Å². The van der Waals surface area contributed by atoms with Crippen LogP contribution in [0.25, 0.3) is 10.9 Å². The van der Waals surface area contributed by atoms with Gasteiger partial charge in [-0.2, -0.15) is 10.1 Å². The first-order chi connectivity index (χ1) is 11.7. The lowest BCUT2D eigenvalue weighted by atomic mass is 9.94. The highest BCUT2D eigenvalue weighted by atomic mass is 16.5. The number of methoxy groups -OCH3 is 1. The summed E-state index contributed by atoms with van der Waals surface area (Å²) < 4.78 is 6.67. The predicted octanol–water partition coefficient (Wildman–Crippen LogP) is 2.29. The summed E-state index contributed by atoms with van der Waals surface area (Å²) in [6, 6.07) is 9.38. The molecule has 0 amide bonds. The second-order valence-electron chi connectivity index (χ2n) is 5.54. The zero-order valence-corrected chi connectivity index (χ0v) is 13.2. The summed E-state index contributed by atoms with van der Waals surface area (Å²) >= 11 is 0. The molecule has 0 saturated heterocycles. The summed E-state index contributed by atoms with van der Waals surface area (Å²) in [7, 11) is 1.38. The Morgan fingerprint density at radius 3 is 3.00 bits per heavy atom. The molecule has 0 saturated carbocycles. The van der Waals surface area contributed by atoms with Gasteiger partial charge >= 0.3 is 5.97 Å².